The number of carboxylic acids is 1. The third-order valence-corrected chi connectivity index (χ3v) is 2.87. The summed E-state index contributed by atoms with van der Waals surface area (Å²) < 4.78 is 1.64. The second kappa shape index (κ2) is 5.16. The lowest BCUT2D eigenvalue weighted by atomic mass is 10.1. The Morgan fingerprint density at radius 3 is 2.63 bits per heavy atom. The molecule has 0 unspecified atom stereocenters. The van der Waals surface area contributed by atoms with Crippen LogP contribution < -0.4 is 5.32 Å². The Kier molecular flexibility index (Phi) is 3.57. The Morgan fingerprint density at radius 2 is 2.05 bits per heavy atom. The van der Waals surface area contributed by atoms with Crippen LogP contribution in [0.1, 0.15) is 20.8 Å². The molecule has 2 aromatic rings. The minimum absolute atomic E-state index is 0.0462. The van der Waals surface area contributed by atoms with E-state index in [1.165, 1.54) is 18.2 Å². The van der Waals surface area contributed by atoms with Gasteiger partial charge in [-0.2, -0.15) is 0 Å². The number of aryl methyl sites for hydroxylation is 1. The molecule has 0 fully saturated rings. The molecule has 1 aromatic heterocycles. The van der Waals surface area contributed by atoms with E-state index in [-0.39, 0.29) is 17.2 Å². The number of carbonyl (C=O) groups is 2. The van der Waals surface area contributed by atoms with Gasteiger partial charge in [-0.15, -0.1) is 0 Å². The second-order valence-electron chi connectivity index (χ2n) is 3.95. The van der Waals surface area contributed by atoms with Crippen molar-refractivity contribution in [3.8, 4) is 0 Å². The number of halogens is 1. The molecule has 6 heteroatoms. The third kappa shape index (κ3) is 2.77. The van der Waals surface area contributed by atoms with Gasteiger partial charge in [0, 0.05) is 18.3 Å². The molecule has 0 aliphatic heterocycles. The molecule has 1 heterocycles. The van der Waals surface area contributed by atoms with Gasteiger partial charge < -0.3 is 15.0 Å². The normalized spacial score (nSPS) is 10.2. The molecule has 0 radical (unpaired) electrons. The summed E-state index contributed by atoms with van der Waals surface area (Å²) in [5.74, 6) is -1.53. The van der Waals surface area contributed by atoms with E-state index in [0.717, 1.165) is 0 Å². The highest BCUT2D eigenvalue weighted by Gasteiger charge is 2.15. The first-order chi connectivity index (χ1) is 8.99. The molecule has 2 N–H and O–H groups in total. The number of carbonyl (C=O) groups excluding carboxylic acids is 1. The van der Waals surface area contributed by atoms with Crippen LogP contribution in [0.4, 0.5) is 5.69 Å². The summed E-state index contributed by atoms with van der Waals surface area (Å²) in [6.07, 6.45) is 1.73. The maximum Gasteiger partial charge on any atom is 0.337 e. The lowest BCUT2D eigenvalue weighted by Crippen LogP contribution is -2.17. The van der Waals surface area contributed by atoms with Gasteiger partial charge in [0.05, 0.1) is 11.3 Å². The topological polar surface area (TPSA) is 71.3 Å². The van der Waals surface area contributed by atoms with E-state index in [1.54, 1.807) is 29.9 Å². The summed E-state index contributed by atoms with van der Waals surface area (Å²) in [6, 6.07) is 7.66. The molecular formula is C13H11ClN2O3. The SMILES string of the molecule is Cn1cccc1C(=O)Nc1ccc(Cl)cc1C(=O)O. The quantitative estimate of drug-likeness (QED) is 0.906. The summed E-state index contributed by atoms with van der Waals surface area (Å²) in [5, 5.41) is 11.9. The molecule has 2 rings (SSSR count). The first kappa shape index (κ1) is 13.2. The van der Waals surface area contributed by atoms with Crippen molar-refractivity contribution in [1.29, 1.82) is 0 Å². The first-order valence-corrected chi connectivity index (χ1v) is 5.82. The van der Waals surface area contributed by atoms with Crippen molar-refractivity contribution in [2.45, 2.75) is 0 Å². The van der Waals surface area contributed by atoms with E-state index in [9.17, 15) is 9.59 Å². The zero-order valence-corrected chi connectivity index (χ0v) is 10.8. The van der Waals surface area contributed by atoms with E-state index in [1.807, 2.05) is 0 Å². The van der Waals surface area contributed by atoms with Gasteiger partial charge in [0.1, 0.15) is 5.69 Å². The Balaban J connectivity index is 2.32. The summed E-state index contributed by atoms with van der Waals surface area (Å²) in [6.45, 7) is 0. The van der Waals surface area contributed by atoms with Crippen molar-refractivity contribution >= 4 is 29.2 Å². The van der Waals surface area contributed by atoms with Crippen LogP contribution in [0.2, 0.25) is 5.02 Å². The number of amides is 1. The molecule has 0 bridgehead atoms. The number of hydrogen-bond acceptors (Lipinski definition) is 2. The minimum Gasteiger partial charge on any atom is -0.478 e. The number of carboxylic acid groups (broad SMARTS) is 1. The molecule has 19 heavy (non-hydrogen) atoms. The summed E-state index contributed by atoms with van der Waals surface area (Å²) in [4.78, 5) is 23.1. The van der Waals surface area contributed by atoms with Gasteiger partial charge in [-0.1, -0.05) is 11.6 Å². The van der Waals surface area contributed by atoms with Crippen molar-refractivity contribution in [3.63, 3.8) is 0 Å². The van der Waals surface area contributed by atoms with Crippen molar-refractivity contribution in [3.05, 3.63) is 52.8 Å². The average Bonchev–Trinajstić information content (AvgIpc) is 2.77. The van der Waals surface area contributed by atoms with Crippen LogP contribution in [-0.2, 0) is 7.05 Å². The van der Waals surface area contributed by atoms with E-state index in [2.05, 4.69) is 5.32 Å². The van der Waals surface area contributed by atoms with Crippen molar-refractivity contribution in [1.82, 2.24) is 4.57 Å². The van der Waals surface area contributed by atoms with E-state index >= 15 is 0 Å². The van der Waals surface area contributed by atoms with Crippen molar-refractivity contribution in [2.75, 3.05) is 5.32 Å². The van der Waals surface area contributed by atoms with Crippen LogP contribution in [0.3, 0.4) is 0 Å². The zero-order chi connectivity index (χ0) is 14.0. The molecule has 0 atom stereocenters. The molecular weight excluding hydrogens is 268 g/mol. The summed E-state index contributed by atoms with van der Waals surface area (Å²) in [5.41, 5.74) is 0.601. The van der Waals surface area contributed by atoms with E-state index in [4.69, 9.17) is 16.7 Å². The maximum absolute atomic E-state index is 12.0. The molecule has 98 valence electrons. The van der Waals surface area contributed by atoms with Gasteiger partial charge in [-0.05, 0) is 30.3 Å². The Hall–Kier alpha value is -2.27. The monoisotopic (exact) mass is 278 g/mol. The Labute approximate surface area is 114 Å². The van der Waals surface area contributed by atoms with Crippen LogP contribution in [0.5, 0.6) is 0 Å². The average molecular weight is 279 g/mol. The highest BCUT2D eigenvalue weighted by molar-refractivity contribution is 6.31. The predicted octanol–water partition coefficient (Wildman–Crippen LogP) is 2.63. The van der Waals surface area contributed by atoms with Crippen LogP contribution in [0.25, 0.3) is 0 Å². The number of nitrogens with zero attached hydrogens (tertiary/aromatic N) is 1. The van der Waals surface area contributed by atoms with Crippen LogP contribution in [0, 0.1) is 0 Å². The molecule has 0 aliphatic carbocycles. The maximum atomic E-state index is 12.0. The molecule has 0 spiro atoms. The zero-order valence-electron chi connectivity index (χ0n) is 10.1. The smallest absolute Gasteiger partial charge is 0.337 e. The number of aromatic carboxylic acids is 1. The number of aromatic nitrogens is 1. The van der Waals surface area contributed by atoms with Crippen molar-refractivity contribution < 1.29 is 14.7 Å². The van der Waals surface area contributed by atoms with Gasteiger partial charge in [0.25, 0.3) is 5.91 Å². The van der Waals surface area contributed by atoms with Gasteiger partial charge in [-0.25, -0.2) is 4.79 Å². The van der Waals surface area contributed by atoms with Crippen LogP contribution >= 0.6 is 11.6 Å². The number of nitrogens with one attached hydrogen (secondary N) is 1. The third-order valence-electron chi connectivity index (χ3n) is 2.64. The van der Waals surface area contributed by atoms with Crippen LogP contribution in [-0.4, -0.2) is 21.6 Å². The molecule has 0 saturated carbocycles. The fourth-order valence-corrected chi connectivity index (χ4v) is 1.86. The highest BCUT2D eigenvalue weighted by atomic mass is 35.5. The minimum atomic E-state index is -1.15. The number of hydrogen-bond donors (Lipinski definition) is 2. The first-order valence-electron chi connectivity index (χ1n) is 5.44. The lowest BCUT2D eigenvalue weighted by molar-refractivity contribution is 0.0698. The van der Waals surface area contributed by atoms with E-state index in [0.29, 0.717) is 10.7 Å². The largest absolute Gasteiger partial charge is 0.478 e. The molecule has 0 aliphatic rings. The van der Waals surface area contributed by atoms with Crippen molar-refractivity contribution in [2.24, 2.45) is 7.05 Å². The summed E-state index contributed by atoms with van der Waals surface area (Å²) in [7, 11) is 1.73. The Bertz CT molecular complexity index is 649. The van der Waals surface area contributed by atoms with Gasteiger partial charge in [0.15, 0.2) is 0 Å². The Morgan fingerprint density at radius 1 is 1.32 bits per heavy atom. The standard InChI is InChI=1S/C13H11ClN2O3/c1-16-6-2-3-11(16)12(17)15-10-5-4-8(14)7-9(10)13(18)19/h2-7H,1H3,(H,15,17)(H,18,19). The van der Waals surface area contributed by atoms with E-state index < -0.39 is 5.97 Å². The summed E-state index contributed by atoms with van der Waals surface area (Å²) >= 11 is 5.74. The van der Waals surface area contributed by atoms with Crippen LogP contribution in [0.15, 0.2) is 36.5 Å². The number of rotatable bonds is 3. The molecule has 1 amide bonds. The molecule has 1 aromatic carbocycles. The van der Waals surface area contributed by atoms with Gasteiger partial charge >= 0.3 is 5.97 Å². The van der Waals surface area contributed by atoms with Gasteiger partial charge in [-0.3, -0.25) is 4.79 Å². The fraction of sp³-hybridized carbons (Fsp3) is 0.0769. The predicted molar refractivity (Wildman–Crippen MR) is 71.8 cm³/mol. The lowest BCUT2D eigenvalue weighted by Gasteiger charge is -2.09. The molecule has 5 nitrogen and oxygen atoms in total. The highest BCUT2D eigenvalue weighted by Crippen LogP contribution is 2.21. The number of anilines is 1. The number of benzene rings is 1. The fourth-order valence-electron chi connectivity index (χ4n) is 1.69. The molecule has 0 saturated heterocycles. The second-order valence-corrected chi connectivity index (χ2v) is 4.39. The van der Waals surface area contributed by atoms with Gasteiger partial charge in [0.2, 0.25) is 0 Å².